The van der Waals surface area contributed by atoms with Crippen LogP contribution in [0.25, 0.3) is 0 Å². The topological polar surface area (TPSA) is 237 Å². The number of ether oxygens (including phenoxy) is 4. The molecule has 0 aliphatic heterocycles. The Balaban J connectivity index is 5.25. The fraction of sp³-hybridized carbons (Fsp3) is 0.951. The summed E-state index contributed by atoms with van der Waals surface area (Å²) in [6.45, 7) is 11.9. The third-order valence-corrected chi connectivity index (χ3v) is 21.0. The number of unbranched alkanes of at least 4 members (excludes halogenated alkanes) is 48. The van der Waals surface area contributed by atoms with Crippen LogP contribution in [-0.4, -0.2) is 96.7 Å². The van der Waals surface area contributed by atoms with E-state index in [1.54, 1.807) is 0 Å². The lowest BCUT2D eigenvalue weighted by Gasteiger charge is -2.21. The molecule has 0 heterocycles. The minimum absolute atomic E-state index is 0.106. The highest BCUT2D eigenvalue weighted by molar-refractivity contribution is 7.47. The van der Waals surface area contributed by atoms with E-state index in [9.17, 15) is 43.2 Å². The molecule has 0 aromatic rings. The monoisotopic (exact) mass is 1480 g/mol. The summed E-state index contributed by atoms with van der Waals surface area (Å²) in [4.78, 5) is 73.1. The molecule has 0 rings (SSSR count). The molecule has 0 fully saturated rings. The minimum Gasteiger partial charge on any atom is -0.462 e. The summed E-state index contributed by atoms with van der Waals surface area (Å²) < 4.78 is 68.8. The van der Waals surface area contributed by atoms with Crippen LogP contribution in [-0.2, 0) is 65.4 Å². The predicted molar refractivity (Wildman–Crippen MR) is 414 cm³/mol. The van der Waals surface area contributed by atoms with Gasteiger partial charge in [-0.15, -0.1) is 0 Å². The van der Waals surface area contributed by atoms with Gasteiger partial charge in [0.25, 0.3) is 0 Å². The van der Waals surface area contributed by atoms with Crippen LogP contribution in [0.2, 0.25) is 0 Å². The highest BCUT2D eigenvalue weighted by atomic mass is 31.2. The van der Waals surface area contributed by atoms with E-state index in [0.29, 0.717) is 25.7 Å². The number of carbonyl (C=O) groups excluding carboxylic acids is 4. The lowest BCUT2D eigenvalue weighted by atomic mass is 10.0. The van der Waals surface area contributed by atoms with Crippen molar-refractivity contribution in [2.75, 3.05) is 39.6 Å². The molecule has 600 valence electrons. The Hall–Kier alpha value is -1.94. The van der Waals surface area contributed by atoms with Crippen molar-refractivity contribution in [2.24, 2.45) is 17.8 Å². The zero-order chi connectivity index (χ0) is 74.4. The van der Waals surface area contributed by atoms with Gasteiger partial charge in [0.2, 0.25) is 0 Å². The minimum atomic E-state index is -4.96. The van der Waals surface area contributed by atoms with Crippen molar-refractivity contribution in [1.29, 1.82) is 0 Å². The highest BCUT2D eigenvalue weighted by Gasteiger charge is 2.30. The molecule has 0 aromatic carbocycles. The van der Waals surface area contributed by atoms with Gasteiger partial charge in [0.05, 0.1) is 26.4 Å². The molecular formula is C82H160O17P2. The highest BCUT2D eigenvalue weighted by Crippen LogP contribution is 2.45. The van der Waals surface area contributed by atoms with Gasteiger partial charge in [-0.1, -0.05) is 376 Å². The lowest BCUT2D eigenvalue weighted by Crippen LogP contribution is -2.30. The fourth-order valence-electron chi connectivity index (χ4n) is 12.7. The van der Waals surface area contributed by atoms with Crippen LogP contribution in [0.15, 0.2) is 0 Å². The number of rotatable bonds is 80. The van der Waals surface area contributed by atoms with E-state index in [1.165, 1.54) is 238 Å². The molecule has 0 amide bonds. The third kappa shape index (κ3) is 76.1. The van der Waals surface area contributed by atoms with Crippen LogP contribution in [0.3, 0.4) is 0 Å². The zero-order valence-electron chi connectivity index (χ0n) is 66.4. The lowest BCUT2D eigenvalue weighted by molar-refractivity contribution is -0.161. The van der Waals surface area contributed by atoms with Crippen molar-refractivity contribution in [3.8, 4) is 0 Å². The van der Waals surface area contributed by atoms with E-state index in [1.807, 2.05) is 0 Å². The van der Waals surface area contributed by atoms with E-state index in [4.69, 9.17) is 37.0 Å². The van der Waals surface area contributed by atoms with Crippen molar-refractivity contribution in [1.82, 2.24) is 0 Å². The second-order valence-corrected chi connectivity index (χ2v) is 33.8. The van der Waals surface area contributed by atoms with E-state index < -0.39 is 97.5 Å². The summed E-state index contributed by atoms with van der Waals surface area (Å²) in [7, 11) is -9.92. The first kappa shape index (κ1) is 99.1. The molecule has 19 heteroatoms. The van der Waals surface area contributed by atoms with Crippen molar-refractivity contribution < 1.29 is 80.2 Å². The second-order valence-electron chi connectivity index (χ2n) is 30.9. The van der Waals surface area contributed by atoms with Crippen molar-refractivity contribution >= 4 is 39.5 Å². The molecule has 0 bridgehead atoms. The summed E-state index contributed by atoms with van der Waals surface area (Å²) in [6, 6.07) is 0. The number of phosphoric ester groups is 2. The van der Waals surface area contributed by atoms with Gasteiger partial charge < -0.3 is 33.8 Å². The number of hydrogen-bond acceptors (Lipinski definition) is 15. The number of phosphoric acid groups is 2. The number of hydrogen-bond donors (Lipinski definition) is 3. The van der Waals surface area contributed by atoms with E-state index in [-0.39, 0.29) is 25.7 Å². The summed E-state index contributed by atoms with van der Waals surface area (Å²) in [5, 5.41) is 10.7. The third-order valence-electron chi connectivity index (χ3n) is 19.1. The molecule has 101 heavy (non-hydrogen) atoms. The standard InChI is InChI=1S/C82H160O17P2/c1-8-9-10-11-12-13-14-15-16-17-18-19-20-21-22-29-36-44-51-58-65-81(86)98-77(69-92-79(84)63-56-49-42-35-28-24-23-26-32-39-46-53-60-73(2)3)71-96-100(88,89)94-67-76(83)68-95-101(90,91)97-72-78(70-93-80(85)64-57-50-43-38-31-34-41-48-55-62-75(6)7)99-82(87)66-59-52-45-37-30-25-27-33-40-47-54-61-74(4)5/h73-78,83H,8-72H2,1-7H3,(H,88,89)(H,90,91)/t76-,77-,78-/m1/s1. The molecule has 0 aliphatic carbocycles. The number of esters is 4. The zero-order valence-corrected chi connectivity index (χ0v) is 68.2. The Morgan fingerprint density at radius 1 is 0.267 bits per heavy atom. The quantitative estimate of drug-likeness (QED) is 0.0222. The van der Waals surface area contributed by atoms with Crippen molar-refractivity contribution in [3.63, 3.8) is 0 Å². The van der Waals surface area contributed by atoms with Gasteiger partial charge in [-0.25, -0.2) is 9.13 Å². The second kappa shape index (κ2) is 72.3. The number of aliphatic hydroxyl groups is 1. The van der Waals surface area contributed by atoms with Crippen LogP contribution in [0.1, 0.15) is 427 Å². The molecule has 0 aliphatic rings. The van der Waals surface area contributed by atoms with Gasteiger partial charge in [-0.05, 0) is 43.4 Å². The number of carbonyl (C=O) groups is 4. The fourth-order valence-corrected chi connectivity index (χ4v) is 14.2. The normalized spacial score (nSPS) is 14.0. The summed E-state index contributed by atoms with van der Waals surface area (Å²) in [5.41, 5.74) is 0. The molecule has 0 saturated heterocycles. The van der Waals surface area contributed by atoms with Gasteiger partial charge in [0.15, 0.2) is 12.2 Å². The van der Waals surface area contributed by atoms with Crippen LogP contribution in [0, 0.1) is 17.8 Å². The molecule has 3 N–H and O–H groups in total. The van der Waals surface area contributed by atoms with Crippen molar-refractivity contribution in [3.05, 3.63) is 0 Å². The summed E-state index contributed by atoms with van der Waals surface area (Å²) >= 11 is 0. The Morgan fingerprint density at radius 2 is 0.455 bits per heavy atom. The Morgan fingerprint density at radius 3 is 0.673 bits per heavy atom. The van der Waals surface area contributed by atoms with E-state index in [0.717, 1.165) is 108 Å². The van der Waals surface area contributed by atoms with E-state index >= 15 is 0 Å². The maximum atomic E-state index is 13.1. The molecule has 2 unspecified atom stereocenters. The van der Waals surface area contributed by atoms with Crippen LogP contribution in [0.4, 0.5) is 0 Å². The Labute approximate surface area is 619 Å². The Bertz CT molecular complexity index is 1960. The SMILES string of the molecule is CCCCCCCCCCCCCCCCCCCCCCC(=O)O[C@H](COC(=O)CCCCCCCCCCCCCCC(C)C)COP(=O)(O)OC[C@@H](O)COP(=O)(O)OC[C@@H](COC(=O)CCCCCCCCCCCC(C)C)OC(=O)CCCCCCCCCCCCCC(C)C. The number of aliphatic hydroxyl groups excluding tert-OH is 1. The smallest absolute Gasteiger partial charge is 0.462 e. The van der Waals surface area contributed by atoms with Gasteiger partial charge >= 0.3 is 39.5 Å². The van der Waals surface area contributed by atoms with Crippen LogP contribution >= 0.6 is 15.6 Å². The molecule has 0 aromatic heterocycles. The summed E-state index contributed by atoms with van der Waals surface area (Å²) in [5.74, 6) is 0.181. The first-order valence-corrected chi connectivity index (χ1v) is 45.3. The largest absolute Gasteiger partial charge is 0.472 e. The molecule has 0 saturated carbocycles. The Kier molecular flexibility index (Phi) is 70.9. The van der Waals surface area contributed by atoms with Crippen molar-refractivity contribution in [2.45, 2.75) is 446 Å². The first-order valence-electron chi connectivity index (χ1n) is 42.3. The average molecular weight is 1480 g/mol. The van der Waals surface area contributed by atoms with Crippen LogP contribution < -0.4 is 0 Å². The van der Waals surface area contributed by atoms with E-state index in [2.05, 4.69) is 48.5 Å². The maximum absolute atomic E-state index is 13.1. The average Bonchev–Trinajstić information content (AvgIpc) is 1.07. The molecule has 0 radical (unpaired) electrons. The predicted octanol–water partition coefficient (Wildman–Crippen LogP) is 24.5. The van der Waals surface area contributed by atoms with Crippen LogP contribution in [0.5, 0.6) is 0 Å². The van der Waals surface area contributed by atoms with Gasteiger partial charge in [-0.2, -0.15) is 0 Å². The molecule has 5 atom stereocenters. The van der Waals surface area contributed by atoms with Gasteiger partial charge in [0, 0.05) is 25.7 Å². The van der Waals surface area contributed by atoms with Gasteiger partial charge in [-0.3, -0.25) is 37.3 Å². The summed E-state index contributed by atoms with van der Waals surface area (Å²) in [6.07, 6.45) is 61.1. The molecular weight excluding hydrogens is 1320 g/mol. The molecule has 0 spiro atoms. The van der Waals surface area contributed by atoms with Gasteiger partial charge in [0.1, 0.15) is 19.3 Å². The molecule has 17 nitrogen and oxygen atoms in total. The first-order chi connectivity index (χ1) is 48.7. The maximum Gasteiger partial charge on any atom is 0.472 e.